The van der Waals surface area contributed by atoms with Crippen LogP contribution in [0.1, 0.15) is 13.8 Å². The SMILES string of the molecule is CC=C=C(Cl)C=COC=CC(Cl)=C=CC. The number of hydrogen-bond acceptors (Lipinski definition) is 1. The highest BCUT2D eigenvalue weighted by molar-refractivity contribution is 6.31. The molecule has 80 valence electrons. The van der Waals surface area contributed by atoms with Crippen molar-refractivity contribution >= 4 is 23.2 Å². The average molecular weight is 243 g/mol. The van der Waals surface area contributed by atoms with Crippen LogP contribution in [0, 0.1) is 0 Å². The number of rotatable bonds is 4. The van der Waals surface area contributed by atoms with Crippen molar-refractivity contribution in [3.63, 3.8) is 0 Å². The third-order valence-corrected chi connectivity index (χ3v) is 1.62. The summed E-state index contributed by atoms with van der Waals surface area (Å²) in [6, 6.07) is 0. The molecule has 0 radical (unpaired) electrons. The van der Waals surface area contributed by atoms with Gasteiger partial charge in [-0.2, -0.15) is 0 Å². The molecule has 0 heterocycles. The second kappa shape index (κ2) is 9.45. The van der Waals surface area contributed by atoms with Crippen molar-refractivity contribution < 1.29 is 4.74 Å². The van der Waals surface area contributed by atoms with Gasteiger partial charge in [-0.3, -0.25) is 0 Å². The molecule has 0 spiro atoms. The molecule has 0 aliphatic heterocycles. The molecule has 0 saturated carbocycles. The summed E-state index contributed by atoms with van der Waals surface area (Å²) in [5.41, 5.74) is 5.57. The molecule has 15 heavy (non-hydrogen) atoms. The Bertz CT molecular complexity index is 327. The minimum Gasteiger partial charge on any atom is -0.472 e. The molecule has 0 aromatic heterocycles. The highest BCUT2D eigenvalue weighted by Gasteiger charge is 1.80. The van der Waals surface area contributed by atoms with E-state index in [0.717, 1.165) is 0 Å². The summed E-state index contributed by atoms with van der Waals surface area (Å²) < 4.78 is 4.99. The van der Waals surface area contributed by atoms with Gasteiger partial charge in [-0.1, -0.05) is 23.2 Å². The molecule has 1 nitrogen and oxygen atoms in total. The zero-order valence-electron chi connectivity index (χ0n) is 8.63. The smallest absolute Gasteiger partial charge is 0.0922 e. The molecule has 0 aromatic carbocycles. The van der Waals surface area contributed by atoms with Crippen LogP contribution in [0.5, 0.6) is 0 Å². The maximum absolute atomic E-state index is 5.71. The molecule has 0 bridgehead atoms. The van der Waals surface area contributed by atoms with E-state index in [1.807, 2.05) is 13.8 Å². The summed E-state index contributed by atoms with van der Waals surface area (Å²) in [6.45, 7) is 3.66. The molecule has 0 saturated heterocycles. The largest absolute Gasteiger partial charge is 0.472 e. The standard InChI is InChI=1S/C12H12Cl2O/c1-3-5-11(13)7-9-15-10-8-12(14)6-4-2/h3-4,7-10H,1-2H3. The fourth-order valence-electron chi connectivity index (χ4n) is 0.615. The lowest BCUT2D eigenvalue weighted by Gasteiger charge is -1.88. The maximum atomic E-state index is 5.71. The lowest BCUT2D eigenvalue weighted by atomic mass is 10.5. The minimum absolute atomic E-state index is 0.473. The van der Waals surface area contributed by atoms with Gasteiger partial charge in [-0.05, 0) is 38.2 Å². The van der Waals surface area contributed by atoms with Crippen LogP contribution in [0.2, 0.25) is 0 Å². The van der Waals surface area contributed by atoms with Crippen LogP contribution in [0.25, 0.3) is 0 Å². The Hall–Kier alpha value is -1.10. The molecular weight excluding hydrogens is 231 g/mol. The van der Waals surface area contributed by atoms with Gasteiger partial charge in [0.1, 0.15) is 0 Å². The van der Waals surface area contributed by atoms with Gasteiger partial charge in [0.2, 0.25) is 0 Å². The Morgan fingerprint density at radius 2 is 1.33 bits per heavy atom. The Labute approximate surface area is 100 Å². The van der Waals surface area contributed by atoms with Crippen LogP contribution >= 0.6 is 23.2 Å². The molecule has 0 N–H and O–H groups in total. The first kappa shape index (κ1) is 13.9. The van der Waals surface area contributed by atoms with E-state index in [2.05, 4.69) is 11.5 Å². The number of hydrogen-bond donors (Lipinski definition) is 0. The molecule has 0 atom stereocenters. The van der Waals surface area contributed by atoms with E-state index in [4.69, 9.17) is 27.9 Å². The summed E-state index contributed by atoms with van der Waals surface area (Å²) in [7, 11) is 0. The molecule has 0 amide bonds. The van der Waals surface area contributed by atoms with Crippen molar-refractivity contribution in [2.24, 2.45) is 0 Å². The molecule has 0 aromatic rings. The van der Waals surface area contributed by atoms with E-state index >= 15 is 0 Å². The fourth-order valence-corrected chi connectivity index (χ4v) is 0.936. The van der Waals surface area contributed by atoms with Crippen molar-refractivity contribution in [1.29, 1.82) is 0 Å². The van der Waals surface area contributed by atoms with Gasteiger partial charge >= 0.3 is 0 Å². The quantitative estimate of drug-likeness (QED) is 0.397. The van der Waals surface area contributed by atoms with Crippen LogP contribution in [0.4, 0.5) is 0 Å². The van der Waals surface area contributed by atoms with Crippen molar-refractivity contribution in [2.45, 2.75) is 13.8 Å². The van der Waals surface area contributed by atoms with Crippen molar-refractivity contribution in [3.8, 4) is 0 Å². The highest BCUT2D eigenvalue weighted by Crippen LogP contribution is 2.02. The van der Waals surface area contributed by atoms with Gasteiger partial charge in [-0.25, -0.2) is 0 Å². The summed E-state index contributed by atoms with van der Waals surface area (Å²) in [6.07, 6.45) is 9.48. The van der Waals surface area contributed by atoms with Crippen molar-refractivity contribution in [2.75, 3.05) is 0 Å². The average Bonchev–Trinajstić information content (AvgIpc) is 2.18. The second-order valence-corrected chi connectivity index (χ2v) is 3.12. The minimum atomic E-state index is 0.473. The van der Waals surface area contributed by atoms with E-state index in [0.29, 0.717) is 10.1 Å². The molecule has 0 rings (SSSR count). The molecule has 0 aliphatic carbocycles. The van der Waals surface area contributed by atoms with E-state index in [1.54, 1.807) is 24.3 Å². The van der Waals surface area contributed by atoms with Crippen molar-refractivity contribution in [1.82, 2.24) is 0 Å². The second-order valence-electron chi connectivity index (χ2n) is 2.30. The first-order valence-corrected chi connectivity index (χ1v) is 5.08. The van der Waals surface area contributed by atoms with Crippen LogP contribution in [0.3, 0.4) is 0 Å². The maximum Gasteiger partial charge on any atom is 0.0922 e. The van der Waals surface area contributed by atoms with Crippen LogP contribution < -0.4 is 0 Å². The first-order chi connectivity index (χ1) is 7.20. The Kier molecular flexibility index (Phi) is 8.76. The number of ether oxygens (including phenoxy) is 1. The lowest BCUT2D eigenvalue weighted by Crippen LogP contribution is -1.67. The van der Waals surface area contributed by atoms with Gasteiger partial charge in [0.05, 0.1) is 22.6 Å². The predicted molar refractivity (Wildman–Crippen MR) is 65.6 cm³/mol. The van der Waals surface area contributed by atoms with E-state index in [9.17, 15) is 0 Å². The van der Waals surface area contributed by atoms with E-state index in [-0.39, 0.29) is 0 Å². The zero-order valence-corrected chi connectivity index (χ0v) is 10.1. The lowest BCUT2D eigenvalue weighted by molar-refractivity contribution is 0.403. The van der Waals surface area contributed by atoms with Crippen LogP contribution in [-0.2, 0) is 4.74 Å². The van der Waals surface area contributed by atoms with Crippen LogP contribution in [0.15, 0.2) is 58.4 Å². The van der Waals surface area contributed by atoms with Gasteiger partial charge in [0.15, 0.2) is 0 Å². The Morgan fingerprint density at radius 1 is 0.933 bits per heavy atom. The molecule has 0 aliphatic rings. The number of halogens is 2. The van der Waals surface area contributed by atoms with Gasteiger partial charge in [0.25, 0.3) is 0 Å². The van der Waals surface area contributed by atoms with Crippen molar-refractivity contribution in [3.05, 3.63) is 58.4 Å². The third-order valence-electron chi connectivity index (χ3n) is 1.15. The fraction of sp³-hybridized carbons (Fsp3) is 0.167. The number of allylic oxidation sites excluding steroid dienone is 4. The monoisotopic (exact) mass is 242 g/mol. The van der Waals surface area contributed by atoms with E-state index in [1.165, 1.54) is 12.5 Å². The summed E-state index contributed by atoms with van der Waals surface area (Å²) >= 11 is 11.4. The normalized spacial score (nSPS) is 9.60. The topological polar surface area (TPSA) is 9.23 Å². The summed E-state index contributed by atoms with van der Waals surface area (Å²) in [5.74, 6) is 0. The van der Waals surface area contributed by atoms with Crippen LogP contribution in [-0.4, -0.2) is 0 Å². The molecule has 0 fully saturated rings. The molecule has 3 heteroatoms. The van der Waals surface area contributed by atoms with Gasteiger partial charge < -0.3 is 4.74 Å². The highest BCUT2D eigenvalue weighted by atomic mass is 35.5. The molecule has 0 unspecified atom stereocenters. The summed E-state index contributed by atoms with van der Waals surface area (Å²) in [4.78, 5) is 0. The van der Waals surface area contributed by atoms with Gasteiger partial charge in [-0.15, -0.1) is 11.5 Å². The van der Waals surface area contributed by atoms with E-state index < -0.39 is 0 Å². The first-order valence-electron chi connectivity index (χ1n) is 4.33. The third kappa shape index (κ3) is 9.21. The Balaban J connectivity index is 4.11. The Morgan fingerprint density at radius 3 is 1.67 bits per heavy atom. The summed E-state index contributed by atoms with van der Waals surface area (Å²) in [5, 5.41) is 0.946. The van der Waals surface area contributed by atoms with Gasteiger partial charge in [0, 0.05) is 0 Å². The molecular formula is C12H12Cl2O. The predicted octanol–water partition coefficient (Wildman–Crippen LogP) is 4.63. The zero-order chi connectivity index (χ0) is 11.5.